The summed E-state index contributed by atoms with van der Waals surface area (Å²) in [4.78, 5) is 38.7. The Morgan fingerprint density at radius 3 is 2.22 bits per heavy atom. The lowest BCUT2D eigenvalue weighted by atomic mass is 9.85. The minimum absolute atomic E-state index is 0.218. The molecule has 2 amide bonds. The second-order valence-electron chi connectivity index (χ2n) is 6.34. The topological polar surface area (TPSA) is 75.7 Å². The molecular formula is C21H22N2O4. The maximum Gasteiger partial charge on any atom is 0.333 e. The fraction of sp³-hybridized carbons (Fsp3) is 0.286. The molecule has 27 heavy (non-hydrogen) atoms. The van der Waals surface area contributed by atoms with Gasteiger partial charge >= 0.3 is 5.97 Å². The lowest BCUT2D eigenvalue weighted by Crippen LogP contribution is -2.66. The molecule has 1 aliphatic heterocycles. The fourth-order valence-corrected chi connectivity index (χ4v) is 3.43. The summed E-state index contributed by atoms with van der Waals surface area (Å²) < 4.78 is 5.24. The van der Waals surface area contributed by atoms with E-state index in [2.05, 4.69) is 5.32 Å². The number of nitrogens with zero attached hydrogens (tertiary/aromatic N) is 1. The summed E-state index contributed by atoms with van der Waals surface area (Å²) in [5.41, 5.74) is 1.52. The van der Waals surface area contributed by atoms with E-state index in [1.54, 1.807) is 19.1 Å². The van der Waals surface area contributed by atoms with Crippen molar-refractivity contribution in [2.45, 2.75) is 32.0 Å². The molecule has 3 unspecified atom stereocenters. The summed E-state index contributed by atoms with van der Waals surface area (Å²) in [6.45, 7) is 3.32. The molecule has 1 saturated heterocycles. The number of benzene rings is 2. The van der Waals surface area contributed by atoms with Crippen LogP contribution in [-0.4, -0.2) is 35.3 Å². The Bertz CT molecular complexity index is 823. The van der Waals surface area contributed by atoms with E-state index in [4.69, 9.17) is 4.74 Å². The quantitative estimate of drug-likeness (QED) is 0.629. The normalized spacial score (nSPS) is 19.8. The van der Waals surface area contributed by atoms with Gasteiger partial charge in [-0.2, -0.15) is 0 Å². The Morgan fingerprint density at radius 2 is 1.67 bits per heavy atom. The molecule has 3 atom stereocenters. The molecule has 2 aromatic rings. The molecule has 0 spiro atoms. The van der Waals surface area contributed by atoms with Crippen molar-refractivity contribution in [2.75, 3.05) is 6.61 Å². The Kier molecular flexibility index (Phi) is 5.54. The number of β-lactam (4-membered cyclic amide) rings is 1. The van der Waals surface area contributed by atoms with Gasteiger partial charge in [-0.25, -0.2) is 4.79 Å². The maximum absolute atomic E-state index is 12.9. The molecule has 0 aromatic heterocycles. The number of likely N-dealkylation sites (tertiary alicyclic amines) is 1. The van der Waals surface area contributed by atoms with Crippen molar-refractivity contribution in [3.63, 3.8) is 0 Å². The highest BCUT2D eigenvalue weighted by Crippen LogP contribution is 2.42. The molecule has 1 aliphatic rings. The number of hydrogen-bond donors (Lipinski definition) is 1. The number of rotatable bonds is 6. The summed E-state index contributed by atoms with van der Waals surface area (Å²) in [5.74, 6) is -1.08. The van der Waals surface area contributed by atoms with E-state index >= 15 is 0 Å². The summed E-state index contributed by atoms with van der Waals surface area (Å²) in [5, 5.41) is 2.70. The molecule has 0 saturated carbocycles. The van der Waals surface area contributed by atoms with Gasteiger partial charge in [0.05, 0.1) is 12.6 Å². The largest absolute Gasteiger partial charge is 0.464 e. The van der Waals surface area contributed by atoms with Crippen molar-refractivity contribution in [3.05, 3.63) is 71.8 Å². The van der Waals surface area contributed by atoms with Gasteiger partial charge in [0.15, 0.2) is 6.04 Å². The third kappa shape index (κ3) is 3.69. The second kappa shape index (κ2) is 8.03. The zero-order valence-electron chi connectivity index (χ0n) is 15.3. The second-order valence-corrected chi connectivity index (χ2v) is 6.34. The SMILES string of the molecule is CCOC(=O)C(c1ccccc1)N1C(=O)C(NC(C)=O)C1c1ccccc1. The zero-order valence-corrected chi connectivity index (χ0v) is 15.3. The molecule has 2 aromatic carbocycles. The average Bonchev–Trinajstić information content (AvgIpc) is 2.68. The van der Waals surface area contributed by atoms with Crippen LogP contribution in [0.2, 0.25) is 0 Å². The molecule has 6 nitrogen and oxygen atoms in total. The molecule has 6 heteroatoms. The number of esters is 1. The Labute approximate surface area is 158 Å². The van der Waals surface area contributed by atoms with E-state index in [9.17, 15) is 14.4 Å². The van der Waals surface area contributed by atoms with E-state index in [-0.39, 0.29) is 18.4 Å². The van der Waals surface area contributed by atoms with Crippen molar-refractivity contribution in [1.82, 2.24) is 10.2 Å². The third-order valence-electron chi connectivity index (χ3n) is 4.54. The first-order valence-electron chi connectivity index (χ1n) is 8.90. The van der Waals surface area contributed by atoms with Gasteiger partial charge in [-0.05, 0) is 18.1 Å². The number of ether oxygens (including phenoxy) is 1. The van der Waals surface area contributed by atoms with E-state index in [0.717, 1.165) is 5.56 Å². The Hall–Kier alpha value is -3.15. The van der Waals surface area contributed by atoms with Crippen LogP contribution in [-0.2, 0) is 19.1 Å². The number of carbonyl (C=O) groups excluding carboxylic acids is 3. The Morgan fingerprint density at radius 1 is 1.07 bits per heavy atom. The summed E-state index contributed by atoms with van der Waals surface area (Å²) in [6.07, 6.45) is 0. The predicted octanol–water partition coefficient (Wildman–Crippen LogP) is 2.38. The van der Waals surface area contributed by atoms with E-state index in [1.807, 2.05) is 48.5 Å². The zero-order chi connectivity index (χ0) is 19.4. The van der Waals surface area contributed by atoms with Crippen molar-refractivity contribution < 1.29 is 19.1 Å². The molecule has 1 N–H and O–H groups in total. The predicted molar refractivity (Wildman–Crippen MR) is 99.4 cm³/mol. The number of amides is 2. The van der Waals surface area contributed by atoms with Gasteiger partial charge in [0.25, 0.3) is 0 Å². The fourth-order valence-electron chi connectivity index (χ4n) is 3.43. The first-order valence-corrected chi connectivity index (χ1v) is 8.90. The molecule has 140 valence electrons. The third-order valence-corrected chi connectivity index (χ3v) is 4.54. The van der Waals surface area contributed by atoms with Gasteiger partial charge < -0.3 is 15.0 Å². The van der Waals surface area contributed by atoms with Crippen molar-refractivity contribution in [1.29, 1.82) is 0 Å². The number of hydrogen-bond acceptors (Lipinski definition) is 4. The van der Waals surface area contributed by atoms with Crippen LogP contribution in [0.1, 0.15) is 37.1 Å². The smallest absolute Gasteiger partial charge is 0.333 e. The summed E-state index contributed by atoms with van der Waals surface area (Å²) >= 11 is 0. The van der Waals surface area contributed by atoms with Gasteiger partial charge in [-0.15, -0.1) is 0 Å². The molecule has 1 fully saturated rings. The number of nitrogens with one attached hydrogen (secondary N) is 1. The summed E-state index contributed by atoms with van der Waals surface area (Å²) in [6, 6.07) is 16.4. The highest BCUT2D eigenvalue weighted by Gasteiger charge is 2.53. The molecular weight excluding hydrogens is 344 g/mol. The van der Waals surface area contributed by atoms with Crippen molar-refractivity contribution in [2.24, 2.45) is 0 Å². The van der Waals surface area contributed by atoms with E-state index in [1.165, 1.54) is 11.8 Å². The molecule has 0 bridgehead atoms. The van der Waals surface area contributed by atoms with Gasteiger partial charge in [0, 0.05) is 6.92 Å². The van der Waals surface area contributed by atoms with Gasteiger partial charge in [0.2, 0.25) is 11.8 Å². The van der Waals surface area contributed by atoms with Crippen LogP contribution in [0.25, 0.3) is 0 Å². The van der Waals surface area contributed by atoms with Crippen LogP contribution in [0.15, 0.2) is 60.7 Å². The van der Waals surface area contributed by atoms with Crippen LogP contribution < -0.4 is 5.32 Å². The first-order chi connectivity index (χ1) is 13.0. The monoisotopic (exact) mass is 366 g/mol. The van der Waals surface area contributed by atoms with Crippen LogP contribution in [0.5, 0.6) is 0 Å². The van der Waals surface area contributed by atoms with E-state index < -0.39 is 24.1 Å². The average molecular weight is 366 g/mol. The molecule has 0 radical (unpaired) electrons. The molecule has 0 aliphatic carbocycles. The van der Waals surface area contributed by atoms with E-state index in [0.29, 0.717) is 5.56 Å². The molecule has 3 rings (SSSR count). The number of carbonyl (C=O) groups is 3. The highest BCUT2D eigenvalue weighted by atomic mass is 16.5. The van der Waals surface area contributed by atoms with Gasteiger partial charge in [-0.1, -0.05) is 60.7 Å². The van der Waals surface area contributed by atoms with Gasteiger partial charge in [-0.3, -0.25) is 9.59 Å². The standard InChI is InChI=1S/C21H22N2O4/c1-3-27-21(26)19(16-12-8-5-9-13-16)23-18(15-10-6-4-7-11-15)17(20(23)25)22-14(2)24/h4-13,17-19H,3H2,1-2H3,(H,22,24). The maximum atomic E-state index is 12.9. The lowest BCUT2D eigenvalue weighted by Gasteiger charge is -2.50. The lowest BCUT2D eigenvalue weighted by molar-refractivity contribution is -0.170. The Balaban J connectivity index is 2.02. The minimum atomic E-state index is -0.867. The van der Waals surface area contributed by atoms with Gasteiger partial charge in [0.1, 0.15) is 6.04 Å². The highest BCUT2D eigenvalue weighted by molar-refractivity contribution is 5.97. The van der Waals surface area contributed by atoms with Crippen LogP contribution >= 0.6 is 0 Å². The summed E-state index contributed by atoms with van der Waals surface area (Å²) in [7, 11) is 0. The van der Waals surface area contributed by atoms with Crippen LogP contribution in [0, 0.1) is 0 Å². The van der Waals surface area contributed by atoms with Crippen LogP contribution in [0.4, 0.5) is 0 Å². The van der Waals surface area contributed by atoms with Crippen LogP contribution in [0.3, 0.4) is 0 Å². The minimum Gasteiger partial charge on any atom is -0.464 e. The first kappa shape index (κ1) is 18.6. The van der Waals surface area contributed by atoms with Crippen molar-refractivity contribution in [3.8, 4) is 0 Å². The van der Waals surface area contributed by atoms with Crippen molar-refractivity contribution >= 4 is 17.8 Å². The molecule has 1 heterocycles.